The summed E-state index contributed by atoms with van der Waals surface area (Å²) in [5.41, 5.74) is 2.71. The van der Waals surface area contributed by atoms with E-state index in [0.717, 1.165) is 28.1 Å². The van der Waals surface area contributed by atoms with Gasteiger partial charge in [0.1, 0.15) is 0 Å². The molecule has 1 amide bonds. The van der Waals surface area contributed by atoms with Crippen LogP contribution in [0, 0.1) is 0 Å². The Kier molecular flexibility index (Phi) is 9.52. The largest absolute Gasteiger partial charge is 0.462 e. The van der Waals surface area contributed by atoms with Crippen LogP contribution in [-0.2, 0) is 26.6 Å². The Hall–Kier alpha value is -2.42. The average molecular weight is 473 g/mol. The summed E-state index contributed by atoms with van der Waals surface area (Å²) in [7, 11) is 1.64. The number of amides is 1. The Balaban J connectivity index is 1.68. The molecule has 0 aliphatic heterocycles. The van der Waals surface area contributed by atoms with Crippen molar-refractivity contribution in [3.05, 3.63) is 64.5 Å². The van der Waals surface area contributed by atoms with Gasteiger partial charge in [-0.2, -0.15) is 16.8 Å². The van der Waals surface area contributed by atoms with Crippen molar-refractivity contribution < 1.29 is 19.1 Å². The third kappa shape index (κ3) is 6.79. The maximum Gasteiger partial charge on any atom is 0.338 e. The van der Waals surface area contributed by atoms with Crippen molar-refractivity contribution in [2.45, 2.75) is 32.1 Å². The van der Waals surface area contributed by atoms with Gasteiger partial charge < -0.3 is 14.0 Å². The van der Waals surface area contributed by atoms with Crippen molar-refractivity contribution in [2.75, 3.05) is 26.1 Å². The molecule has 0 radical (unpaired) electrons. The predicted molar refractivity (Wildman–Crippen MR) is 130 cm³/mol. The van der Waals surface area contributed by atoms with Gasteiger partial charge in [0.25, 0.3) is 0 Å². The van der Waals surface area contributed by atoms with Gasteiger partial charge in [-0.05, 0) is 42.9 Å². The maximum atomic E-state index is 12.5. The summed E-state index contributed by atoms with van der Waals surface area (Å²) < 4.78 is 13.2. The highest BCUT2D eigenvalue weighted by molar-refractivity contribution is 7.98. The van der Waals surface area contributed by atoms with Gasteiger partial charge in [0.15, 0.2) is 4.80 Å². The molecule has 0 saturated carbocycles. The highest BCUT2D eigenvalue weighted by atomic mass is 32.2. The Morgan fingerprint density at radius 1 is 1.16 bits per heavy atom. The first kappa shape index (κ1) is 24.2. The molecule has 2 aromatic carbocycles. The second kappa shape index (κ2) is 12.6. The number of hydrogen-bond donors (Lipinski definition) is 0. The number of rotatable bonds is 11. The number of ether oxygens (including phenoxy) is 2. The summed E-state index contributed by atoms with van der Waals surface area (Å²) in [4.78, 5) is 29.6. The number of nitrogens with zero attached hydrogens (tertiary/aromatic N) is 2. The summed E-state index contributed by atoms with van der Waals surface area (Å²) in [5.74, 6) is 1.37. The van der Waals surface area contributed by atoms with Crippen LogP contribution in [0.1, 0.15) is 35.7 Å². The lowest BCUT2D eigenvalue weighted by Gasteiger charge is -2.05. The van der Waals surface area contributed by atoms with E-state index in [1.54, 1.807) is 26.2 Å². The van der Waals surface area contributed by atoms with E-state index < -0.39 is 0 Å². The van der Waals surface area contributed by atoms with Crippen molar-refractivity contribution in [3.63, 3.8) is 0 Å². The van der Waals surface area contributed by atoms with Crippen molar-refractivity contribution in [1.29, 1.82) is 0 Å². The van der Waals surface area contributed by atoms with Gasteiger partial charge in [0.05, 0.1) is 29.0 Å². The monoisotopic (exact) mass is 472 g/mol. The Labute approximate surface area is 196 Å². The maximum absolute atomic E-state index is 12.5. The lowest BCUT2D eigenvalue weighted by atomic mass is 10.2. The number of carbonyl (C=O) groups is 2. The number of thioether (sulfide) groups is 1. The fourth-order valence-corrected chi connectivity index (χ4v) is 5.18. The van der Waals surface area contributed by atoms with Crippen LogP contribution in [0.2, 0.25) is 0 Å². The first-order valence-corrected chi connectivity index (χ1v) is 12.6. The van der Waals surface area contributed by atoms with Crippen molar-refractivity contribution in [3.8, 4) is 0 Å². The molecule has 0 N–H and O–H groups in total. The molecule has 32 heavy (non-hydrogen) atoms. The van der Waals surface area contributed by atoms with Gasteiger partial charge in [-0.25, -0.2) is 4.79 Å². The molecule has 0 bridgehead atoms. The van der Waals surface area contributed by atoms with Crippen LogP contribution >= 0.6 is 23.1 Å². The molecule has 0 saturated heterocycles. The minimum atomic E-state index is -0.353. The third-order valence-corrected chi connectivity index (χ3v) is 6.88. The SMILES string of the molecule is CCOC(=O)c1ccc2c(c1)sc(=NC(=O)CCCSCc1ccccc1)n2CCOC. The Bertz CT molecular complexity index is 1110. The van der Waals surface area contributed by atoms with E-state index in [1.165, 1.54) is 16.9 Å². The van der Waals surface area contributed by atoms with E-state index >= 15 is 0 Å². The first-order valence-electron chi connectivity index (χ1n) is 10.6. The Morgan fingerprint density at radius 2 is 1.97 bits per heavy atom. The van der Waals surface area contributed by atoms with Gasteiger partial charge in [-0.15, -0.1) is 0 Å². The number of benzene rings is 2. The molecule has 0 fully saturated rings. The molecule has 170 valence electrons. The number of hydrogen-bond acceptors (Lipinski definition) is 6. The number of thiazole rings is 1. The highest BCUT2D eigenvalue weighted by Gasteiger charge is 2.12. The van der Waals surface area contributed by atoms with E-state index in [0.29, 0.717) is 36.5 Å². The quantitative estimate of drug-likeness (QED) is 0.300. The molecule has 3 rings (SSSR count). The van der Waals surface area contributed by atoms with Crippen LogP contribution in [0.3, 0.4) is 0 Å². The number of fused-ring (bicyclic) bond motifs is 1. The lowest BCUT2D eigenvalue weighted by molar-refractivity contribution is -0.118. The van der Waals surface area contributed by atoms with E-state index in [-0.39, 0.29) is 11.9 Å². The Morgan fingerprint density at radius 3 is 2.72 bits per heavy atom. The zero-order chi connectivity index (χ0) is 22.8. The van der Waals surface area contributed by atoms with Crippen LogP contribution in [-0.4, -0.2) is 42.5 Å². The molecule has 0 spiro atoms. The van der Waals surface area contributed by atoms with Crippen molar-refractivity contribution >= 4 is 45.2 Å². The standard InChI is InChI=1S/C24H28N2O4S2/c1-3-30-23(28)19-11-12-20-21(16-19)32-24(26(20)13-14-29-2)25-22(27)10-7-15-31-17-18-8-5-4-6-9-18/h4-6,8-9,11-12,16H,3,7,10,13-15,17H2,1-2H3. The molecular weight excluding hydrogens is 444 g/mol. The number of esters is 1. The van der Waals surface area contributed by atoms with Gasteiger partial charge in [0, 0.05) is 25.8 Å². The van der Waals surface area contributed by atoms with Gasteiger partial charge in [-0.1, -0.05) is 41.7 Å². The zero-order valence-electron chi connectivity index (χ0n) is 18.4. The second-order valence-corrected chi connectivity index (χ2v) is 9.19. The smallest absolute Gasteiger partial charge is 0.338 e. The van der Waals surface area contributed by atoms with E-state index in [9.17, 15) is 9.59 Å². The molecule has 0 aliphatic rings. The number of aromatic nitrogens is 1. The minimum absolute atomic E-state index is 0.131. The van der Waals surface area contributed by atoms with Crippen LogP contribution in [0.5, 0.6) is 0 Å². The van der Waals surface area contributed by atoms with Crippen LogP contribution in [0.4, 0.5) is 0 Å². The molecule has 1 aromatic heterocycles. The summed E-state index contributed by atoms with van der Waals surface area (Å²) >= 11 is 3.22. The van der Waals surface area contributed by atoms with Gasteiger partial charge in [0.2, 0.25) is 5.91 Å². The molecule has 8 heteroatoms. The fraction of sp³-hybridized carbons (Fsp3) is 0.375. The highest BCUT2D eigenvalue weighted by Crippen LogP contribution is 2.20. The first-order chi connectivity index (χ1) is 15.6. The van der Waals surface area contributed by atoms with Crippen LogP contribution < -0.4 is 4.80 Å². The fourth-order valence-electron chi connectivity index (χ4n) is 3.15. The van der Waals surface area contributed by atoms with Gasteiger partial charge >= 0.3 is 5.97 Å². The van der Waals surface area contributed by atoms with E-state index in [1.807, 2.05) is 40.6 Å². The summed E-state index contributed by atoms with van der Waals surface area (Å²) in [6.07, 6.45) is 1.20. The number of methoxy groups -OCH3 is 1. The second-order valence-electron chi connectivity index (χ2n) is 7.08. The molecule has 0 unspecified atom stereocenters. The lowest BCUT2D eigenvalue weighted by Crippen LogP contribution is -2.19. The molecule has 6 nitrogen and oxygen atoms in total. The average Bonchev–Trinajstić information content (AvgIpc) is 3.14. The molecular formula is C24H28N2O4S2. The van der Waals surface area contributed by atoms with E-state index in [4.69, 9.17) is 9.47 Å². The minimum Gasteiger partial charge on any atom is -0.462 e. The summed E-state index contributed by atoms with van der Waals surface area (Å²) in [6.45, 7) is 3.19. The zero-order valence-corrected chi connectivity index (χ0v) is 20.0. The van der Waals surface area contributed by atoms with Crippen molar-refractivity contribution in [2.24, 2.45) is 4.99 Å². The van der Waals surface area contributed by atoms with Crippen LogP contribution in [0.15, 0.2) is 53.5 Å². The number of carbonyl (C=O) groups excluding carboxylic acids is 2. The molecule has 1 heterocycles. The normalized spacial score (nSPS) is 11.8. The van der Waals surface area contributed by atoms with Crippen molar-refractivity contribution in [1.82, 2.24) is 4.57 Å². The summed E-state index contributed by atoms with van der Waals surface area (Å²) in [5, 5.41) is 0. The predicted octanol–water partition coefficient (Wildman–Crippen LogP) is 4.67. The third-order valence-electron chi connectivity index (χ3n) is 4.72. The topological polar surface area (TPSA) is 69.9 Å². The molecule has 3 aromatic rings. The van der Waals surface area contributed by atoms with E-state index in [2.05, 4.69) is 17.1 Å². The van der Waals surface area contributed by atoms with Crippen LogP contribution in [0.25, 0.3) is 10.2 Å². The summed E-state index contributed by atoms with van der Waals surface area (Å²) in [6, 6.07) is 15.7. The van der Waals surface area contributed by atoms with Gasteiger partial charge in [-0.3, -0.25) is 4.79 Å². The molecule has 0 aliphatic carbocycles. The molecule has 0 atom stereocenters.